The summed E-state index contributed by atoms with van der Waals surface area (Å²) in [6.45, 7) is 6.73. The molecule has 19 heavy (non-hydrogen) atoms. The van der Waals surface area contributed by atoms with Gasteiger partial charge in [-0.25, -0.2) is 13.8 Å². The van der Waals surface area contributed by atoms with E-state index in [2.05, 4.69) is 24.1 Å². The standard InChI is InChI=1S/C14H17F2N3/c1-9(2)7-19-8-10(3)17-14(19)18-13-11(15)5-4-6-12(13)16/h4-6,8-9H,7H2,1-3H3,(H,17,18). The van der Waals surface area contributed by atoms with Crippen LogP contribution < -0.4 is 5.32 Å². The van der Waals surface area contributed by atoms with Crippen LogP contribution in [0.4, 0.5) is 20.4 Å². The van der Waals surface area contributed by atoms with Gasteiger partial charge in [-0.05, 0) is 25.0 Å². The number of hydrogen-bond donors (Lipinski definition) is 1. The van der Waals surface area contributed by atoms with E-state index in [-0.39, 0.29) is 5.69 Å². The number of halogens is 2. The molecule has 0 unspecified atom stereocenters. The predicted molar refractivity (Wildman–Crippen MR) is 71.4 cm³/mol. The van der Waals surface area contributed by atoms with Crippen LogP contribution in [0.25, 0.3) is 0 Å². The minimum absolute atomic E-state index is 0.168. The van der Waals surface area contributed by atoms with Crippen LogP contribution in [0.2, 0.25) is 0 Å². The molecule has 0 aliphatic rings. The number of para-hydroxylation sites is 1. The molecule has 0 aliphatic heterocycles. The molecule has 0 saturated heterocycles. The summed E-state index contributed by atoms with van der Waals surface area (Å²) in [5.41, 5.74) is 0.637. The largest absolute Gasteiger partial charge is 0.321 e. The average molecular weight is 265 g/mol. The van der Waals surface area contributed by atoms with Crippen LogP contribution in [0.1, 0.15) is 19.5 Å². The number of aromatic nitrogens is 2. The van der Waals surface area contributed by atoms with Gasteiger partial charge in [0.25, 0.3) is 0 Å². The zero-order valence-electron chi connectivity index (χ0n) is 11.2. The van der Waals surface area contributed by atoms with Gasteiger partial charge in [0, 0.05) is 12.7 Å². The Morgan fingerprint density at radius 1 is 1.26 bits per heavy atom. The average Bonchev–Trinajstić information content (AvgIpc) is 2.63. The summed E-state index contributed by atoms with van der Waals surface area (Å²) in [6.07, 6.45) is 1.86. The molecule has 0 amide bonds. The van der Waals surface area contributed by atoms with Gasteiger partial charge in [-0.15, -0.1) is 0 Å². The topological polar surface area (TPSA) is 29.9 Å². The first-order chi connectivity index (χ1) is 8.97. The molecular formula is C14H17F2N3. The van der Waals surface area contributed by atoms with E-state index in [1.165, 1.54) is 18.2 Å². The number of hydrogen-bond acceptors (Lipinski definition) is 2. The Morgan fingerprint density at radius 2 is 1.89 bits per heavy atom. The van der Waals surface area contributed by atoms with Crippen LogP contribution in [0, 0.1) is 24.5 Å². The van der Waals surface area contributed by atoms with Gasteiger partial charge in [0.15, 0.2) is 0 Å². The molecule has 1 aromatic carbocycles. The lowest BCUT2D eigenvalue weighted by molar-refractivity contribution is 0.526. The Kier molecular flexibility index (Phi) is 3.83. The molecule has 0 radical (unpaired) electrons. The highest BCUT2D eigenvalue weighted by Gasteiger charge is 2.13. The third-order valence-electron chi connectivity index (χ3n) is 2.66. The minimum atomic E-state index is -0.628. The van der Waals surface area contributed by atoms with Gasteiger partial charge in [-0.3, -0.25) is 0 Å². The third kappa shape index (κ3) is 3.10. The van der Waals surface area contributed by atoms with Crippen LogP contribution in [0.5, 0.6) is 0 Å². The summed E-state index contributed by atoms with van der Waals surface area (Å²) in [7, 11) is 0. The van der Waals surface area contributed by atoms with Crippen LogP contribution in [0.15, 0.2) is 24.4 Å². The Bertz CT molecular complexity index is 556. The van der Waals surface area contributed by atoms with E-state index >= 15 is 0 Å². The second kappa shape index (κ2) is 5.38. The molecule has 2 aromatic rings. The summed E-state index contributed by atoms with van der Waals surface area (Å²) in [5.74, 6) is -0.386. The van der Waals surface area contributed by atoms with E-state index in [0.29, 0.717) is 11.9 Å². The maximum atomic E-state index is 13.6. The normalized spacial score (nSPS) is 11.1. The molecule has 0 saturated carbocycles. The van der Waals surface area contributed by atoms with Gasteiger partial charge in [-0.2, -0.15) is 0 Å². The summed E-state index contributed by atoms with van der Waals surface area (Å²) in [6, 6.07) is 3.77. The zero-order chi connectivity index (χ0) is 14.0. The van der Waals surface area contributed by atoms with Crippen molar-refractivity contribution in [3.8, 4) is 0 Å². The number of imidazole rings is 1. The monoisotopic (exact) mass is 265 g/mol. The van der Waals surface area contributed by atoms with Gasteiger partial charge < -0.3 is 9.88 Å². The van der Waals surface area contributed by atoms with E-state index in [0.717, 1.165) is 12.2 Å². The highest BCUT2D eigenvalue weighted by Crippen LogP contribution is 2.23. The molecule has 102 valence electrons. The van der Waals surface area contributed by atoms with Crippen molar-refractivity contribution in [1.82, 2.24) is 9.55 Å². The first-order valence-electron chi connectivity index (χ1n) is 6.22. The second-order valence-corrected chi connectivity index (χ2v) is 4.97. The molecular weight excluding hydrogens is 248 g/mol. The Balaban J connectivity index is 2.33. The Hall–Kier alpha value is -1.91. The molecule has 0 spiro atoms. The van der Waals surface area contributed by atoms with Gasteiger partial charge in [0.1, 0.15) is 17.3 Å². The van der Waals surface area contributed by atoms with E-state index in [1.54, 1.807) is 0 Å². The lowest BCUT2D eigenvalue weighted by Crippen LogP contribution is -2.08. The van der Waals surface area contributed by atoms with Crippen molar-refractivity contribution in [2.75, 3.05) is 5.32 Å². The van der Waals surface area contributed by atoms with Crippen molar-refractivity contribution in [1.29, 1.82) is 0 Å². The fourth-order valence-corrected chi connectivity index (χ4v) is 1.91. The number of nitrogens with zero attached hydrogens (tertiary/aromatic N) is 2. The molecule has 0 atom stereocenters. The van der Waals surface area contributed by atoms with Crippen molar-refractivity contribution in [3.63, 3.8) is 0 Å². The van der Waals surface area contributed by atoms with E-state index in [9.17, 15) is 8.78 Å². The highest BCUT2D eigenvalue weighted by molar-refractivity contribution is 5.55. The van der Waals surface area contributed by atoms with Gasteiger partial charge in [0.2, 0.25) is 5.95 Å². The van der Waals surface area contributed by atoms with Gasteiger partial charge in [-0.1, -0.05) is 19.9 Å². The molecule has 1 heterocycles. The molecule has 0 fully saturated rings. The van der Waals surface area contributed by atoms with Crippen molar-refractivity contribution < 1.29 is 8.78 Å². The van der Waals surface area contributed by atoms with E-state index in [1.807, 2.05) is 17.7 Å². The number of rotatable bonds is 4. The molecule has 1 aromatic heterocycles. The van der Waals surface area contributed by atoms with E-state index in [4.69, 9.17) is 0 Å². The highest BCUT2D eigenvalue weighted by atomic mass is 19.1. The van der Waals surface area contributed by atoms with Crippen LogP contribution >= 0.6 is 0 Å². The van der Waals surface area contributed by atoms with E-state index < -0.39 is 11.6 Å². The molecule has 3 nitrogen and oxygen atoms in total. The van der Waals surface area contributed by atoms with Crippen molar-refractivity contribution in [2.24, 2.45) is 5.92 Å². The molecule has 1 N–H and O–H groups in total. The summed E-state index contributed by atoms with van der Waals surface area (Å²) in [5, 5.41) is 2.74. The second-order valence-electron chi connectivity index (χ2n) is 4.97. The van der Waals surface area contributed by atoms with Crippen molar-refractivity contribution in [2.45, 2.75) is 27.3 Å². The van der Waals surface area contributed by atoms with Crippen molar-refractivity contribution in [3.05, 3.63) is 41.7 Å². The predicted octanol–water partition coefficient (Wildman–Crippen LogP) is 3.87. The lowest BCUT2D eigenvalue weighted by Gasteiger charge is -2.12. The fourth-order valence-electron chi connectivity index (χ4n) is 1.91. The molecule has 5 heteroatoms. The maximum Gasteiger partial charge on any atom is 0.207 e. The Labute approximate surface area is 111 Å². The molecule has 2 rings (SSSR count). The first kappa shape index (κ1) is 13.5. The number of aryl methyl sites for hydroxylation is 1. The van der Waals surface area contributed by atoms with Crippen LogP contribution in [-0.4, -0.2) is 9.55 Å². The minimum Gasteiger partial charge on any atom is -0.321 e. The van der Waals surface area contributed by atoms with Crippen LogP contribution in [-0.2, 0) is 6.54 Å². The smallest absolute Gasteiger partial charge is 0.207 e. The summed E-state index contributed by atoms with van der Waals surface area (Å²) >= 11 is 0. The van der Waals surface area contributed by atoms with Crippen molar-refractivity contribution >= 4 is 11.6 Å². The van der Waals surface area contributed by atoms with Crippen LogP contribution in [0.3, 0.4) is 0 Å². The van der Waals surface area contributed by atoms with Gasteiger partial charge in [0.05, 0.1) is 5.69 Å². The number of anilines is 2. The zero-order valence-corrected chi connectivity index (χ0v) is 11.2. The molecule has 0 aliphatic carbocycles. The first-order valence-corrected chi connectivity index (χ1v) is 6.22. The summed E-state index contributed by atoms with van der Waals surface area (Å²) in [4.78, 5) is 4.26. The third-order valence-corrected chi connectivity index (χ3v) is 2.66. The Morgan fingerprint density at radius 3 is 2.47 bits per heavy atom. The quantitative estimate of drug-likeness (QED) is 0.909. The number of nitrogens with one attached hydrogen (secondary N) is 1. The molecule has 0 bridgehead atoms. The van der Waals surface area contributed by atoms with Gasteiger partial charge >= 0.3 is 0 Å². The number of benzene rings is 1. The fraction of sp³-hybridized carbons (Fsp3) is 0.357. The SMILES string of the molecule is Cc1cn(CC(C)C)c(Nc2c(F)cccc2F)n1. The maximum absolute atomic E-state index is 13.6. The summed E-state index contributed by atoms with van der Waals surface area (Å²) < 4.78 is 29.1. The lowest BCUT2D eigenvalue weighted by atomic mass is 10.2.